The molecule has 1 aliphatic rings. The van der Waals surface area contributed by atoms with Gasteiger partial charge in [-0.25, -0.2) is 4.98 Å². The molecule has 5 aromatic rings. The predicted molar refractivity (Wildman–Crippen MR) is 122 cm³/mol. The van der Waals surface area contributed by atoms with Crippen molar-refractivity contribution in [1.29, 1.82) is 0 Å². The van der Waals surface area contributed by atoms with Crippen molar-refractivity contribution < 1.29 is 0 Å². The standard InChI is InChI=1S/C27H17ClN2/c28-19-12-13-23-21(17-19)20-9-4-5-10-22(20)27(23,18-7-2-1-3-8-18)26-15-14-24-25(30-26)11-6-16-29-24/h1-17H. The SMILES string of the molecule is Clc1ccc2c(c1)-c1ccccc1C2(c1ccccc1)c1ccc2ncccc2n1. The van der Waals surface area contributed by atoms with Crippen LogP contribution in [-0.2, 0) is 5.41 Å². The molecule has 0 spiro atoms. The summed E-state index contributed by atoms with van der Waals surface area (Å²) in [6.07, 6.45) is 1.80. The minimum absolute atomic E-state index is 0.512. The van der Waals surface area contributed by atoms with Crippen molar-refractivity contribution in [1.82, 2.24) is 9.97 Å². The zero-order valence-corrected chi connectivity index (χ0v) is 16.8. The van der Waals surface area contributed by atoms with Gasteiger partial charge in [0.15, 0.2) is 0 Å². The second-order valence-electron chi connectivity index (χ2n) is 7.59. The van der Waals surface area contributed by atoms with Crippen molar-refractivity contribution in [3.63, 3.8) is 0 Å². The highest BCUT2D eigenvalue weighted by atomic mass is 35.5. The van der Waals surface area contributed by atoms with Crippen molar-refractivity contribution in [2.24, 2.45) is 0 Å². The van der Waals surface area contributed by atoms with E-state index in [2.05, 4.69) is 83.8 Å². The van der Waals surface area contributed by atoms with Crippen molar-refractivity contribution in [3.8, 4) is 11.1 Å². The maximum Gasteiger partial charge on any atom is 0.0890 e. The fourth-order valence-electron chi connectivity index (χ4n) is 4.85. The molecule has 2 heterocycles. The van der Waals surface area contributed by atoms with E-state index in [1.54, 1.807) is 6.20 Å². The fraction of sp³-hybridized carbons (Fsp3) is 0.0370. The van der Waals surface area contributed by atoms with Crippen LogP contribution < -0.4 is 0 Å². The van der Waals surface area contributed by atoms with E-state index in [1.807, 2.05) is 18.2 Å². The molecule has 2 aromatic heterocycles. The molecule has 0 fully saturated rings. The molecule has 0 N–H and O–H groups in total. The zero-order chi connectivity index (χ0) is 20.1. The summed E-state index contributed by atoms with van der Waals surface area (Å²) in [4.78, 5) is 9.60. The molecule has 1 aliphatic carbocycles. The Labute approximate surface area is 179 Å². The number of hydrogen-bond donors (Lipinski definition) is 0. The van der Waals surface area contributed by atoms with Crippen LogP contribution in [0.4, 0.5) is 0 Å². The first-order valence-corrected chi connectivity index (χ1v) is 10.3. The summed E-state index contributed by atoms with van der Waals surface area (Å²) in [5, 5.41) is 0.739. The fourth-order valence-corrected chi connectivity index (χ4v) is 5.02. The topological polar surface area (TPSA) is 25.8 Å². The molecule has 1 atom stereocenters. The maximum atomic E-state index is 6.43. The lowest BCUT2D eigenvalue weighted by molar-refractivity contribution is 0.739. The Balaban J connectivity index is 1.79. The van der Waals surface area contributed by atoms with Gasteiger partial charge in [-0.15, -0.1) is 0 Å². The van der Waals surface area contributed by atoms with Crippen LogP contribution in [0.2, 0.25) is 5.02 Å². The molecule has 3 aromatic carbocycles. The van der Waals surface area contributed by atoms with Gasteiger partial charge in [0.05, 0.1) is 22.1 Å². The average Bonchev–Trinajstić information content (AvgIpc) is 3.10. The Morgan fingerprint density at radius 1 is 0.633 bits per heavy atom. The van der Waals surface area contributed by atoms with Crippen LogP contribution in [0.25, 0.3) is 22.2 Å². The highest BCUT2D eigenvalue weighted by Gasteiger charge is 2.47. The van der Waals surface area contributed by atoms with Crippen LogP contribution in [0.5, 0.6) is 0 Å². The van der Waals surface area contributed by atoms with Gasteiger partial charge < -0.3 is 0 Å². The molecule has 0 bridgehead atoms. The Morgan fingerprint density at radius 3 is 2.33 bits per heavy atom. The van der Waals surface area contributed by atoms with Gasteiger partial charge in [-0.3, -0.25) is 4.98 Å². The molecule has 2 nitrogen and oxygen atoms in total. The molecule has 30 heavy (non-hydrogen) atoms. The van der Waals surface area contributed by atoms with Crippen molar-refractivity contribution >= 4 is 22.6 Å². The van der Waals surface area contributed by atoms with Gasteiger partial charge in [0.25, 0.3) is 0 Å². The van der Waals surface area contributed by atoms with Crippen molar-refractivity contribution in [3.05, 3.63) is 131 Å². The summed E-state index contributed by atoms with van der Waals surface area (Å²) in [6.45, 7) is 0. The first-order valence-electron chi connectivity index (χ1n) is 9.96. The second-order valence-corrected chi connectivity index (χ2v) is 8.03. The van der Waals surface area contributed by atoms with Crippen molar-refractivity contribution in [2.75, 3.05) is 0 Å². The lowest BCUT2D eigenvalue weighted by atomic mass is 9.70. The molecular weight excluding hydrogens is 388 g/mol. The summed E-state index contributed by atoms with van der Waals surface area (Å²) < 4.78 is 0. The molecule has 142 valence electrons. The average molecular weight is 405 g/mol. The normalized spacial score (nSPS) is 17.0. The smallest absolute Gasteiger partial charge is 0.0890 e. The third kappa shape index (κ3) is 2.31. The molecule has 0 saturated heterocycles. The molecule has 0 amide bonds. The molecule has 1 unspecified atom stereocenters. The van der Waals surface area contributed by atoms with E-state index in [1.165, 1.54) is 22.3 Å². The lowest BCUT2D eigenvalue weighted by Crippen LogP contribution is -2.29. The number of halogens is 1. The molecule has 0 saturated carbocycles. The summed E-state index contributed by atoms with van der Waals surface area (Å²) in [7, 11) is 0. The zero-order valence-electron chi connectivity index (χ0n) is 16.1. The van der Waals surface area contributed by atoms with Gasteiger partial charge >= 0.3 is 0 Å². The summed E-state index contributed by atoms with van der Waals surface area (Å²) in [6, 6.07) is 33.5. The van der Waals surface area contributed by atoms with Crippen LogP contribution >= 0.6 is 11.6 Å². The third-order valence-electron chi connectivity index (χ3n) is 6.05. The van der Waals surface area contributed by atoms with E-state index in [9.17, 15) is 0 Å². The largest absolute Gasteiger partial charge is 0.255 e. The highest BCUT2D eigenvalue weighted by molar-refractivity contribution is 6.31. The molecule has 3 heteroatoms. The Bertz CT molecular complexity index is 1410. The number of rotatable bonds is 2. The third-order valence-corrected chi connectivity index (χ3v) is 6.29. The Morgan fingerprint density at radius 2 is 1.43 bits per heavy atom. The van der Waals surface area contributed by atoms with Gasteiger partial charge in [-0.05, 0) is 64.2 Å². The molecule has 0 aliphatic heterocycles. The maximum absolute atomic E-state index is 6.43. The van der Waals surface area contributed by atoms with Gasteiger partial charge in [0, 0.05) is 11.2 Å². The number of pyridine rings is 2. The first kappa shape index (κ1) is 17.4. The van der Waals surface area contributed by atoms with E-state index in [-0.39, 0.29) is 0 Å². The Kier molecular flexibility index (Phi) is 3.77. The van der Waals surface area contributed by atoms with E-state index in [0.29, 0.717) is 0 Å². The van der Waals surface area contributed by atoms with E-state index in [4.69, 9.17) is 16.6 Å². The minimum Gasteiger partial charge on any atom is -0.255 e. The number of nitrogens with zero attached hydrogens (tertiary/aromatic N) is 2. The first-order chi connectivity index (χ1) is 14.8. The van der Waals surface area contributed by atoms with Crippen molar-refractivity contribution in [2.45, 2.75) is 5.41 Å². The molecular formula is C27H17ClN2. The van der Waals surface area contributed by atoms with E-state index >= 15 is 0 Å². The minimum atomic E-state index is -0.512. The van der Waals surface area contributed by atoms with Gasteiger partial charge in [-0.1, -0.05) is 72.3 Å². The summed E-state index contributed by atoms with van der Waals surface area (Å²) in [5.74, 6) is 0. The van der Waals surface area contributed by atoms with Crippen LogP contribution in [0, 0.1) is 0 Å². The van der Waals surface area contributed by atoms with Crippen LogP contribution in [-0.4, -0.2) is 9.97 Å². The number of aromatic nitrogens is 2. The highest BCUT2D eigenvalue weighted by Crippen LogP contribution is 2.56. The van der Waals surface area contributed by atoms with Crippen LogP contribution in [0.3, 0.4) is 0 Å². The van der Waals surface area contributed by atoms with Crippen LogP contribution in [0.15, 0.2) is 103 Å². The van der Waals surface area contributed by atoms with E-state index < -0.39 is 5.41 Å². The number of hydrogen-bond acceptors (Lipinski definition) is 2. The number of fused-ring (bicyclic) bond motifs is 4. The Hall–Kier alpha value is -3.49. The van der Waals surface area contributed by atoms with E-state index in [0.717, 1.165) is 27.3 Å². The number of benzene rings is 3. The van der Waals surface area contributed by atoms with Gasteiger partial charge in [-0.2, -0.15) is 0 Å². The molecule has 0 radical (unpaired) electrons. The van der Waals surface area contributed by atoms with Crippen LogP contribution in [0.1, 0.15) is 22.4 Å². The lowest BCUT2D eigenvalue weighted by Gasteiger charge is -2.32. The second kappa shape index (κ2) is 6.51. The monoisotopic (exact) mass is 404 g/mol. The van der Waals surface area contributed by atoms with Gasteiger partial charge in [0.1, 0.15) is 0 Å². The summed E-state index contributed by atoms with van der Waals surface area (Å²) in [5.41, 5.74) is 8.25. The summed E-state index contributed by atoms with van der Waals surface area (Å²) >= 11 is 6.43. The predicted octanol–water partition coefficient (Wildman–Crippen LogP) is 6.65. The molecule has 6 rings (SSSR count). The van der Waals surface area contributed by atoms with Gasteiger partial charge in [0.2, 0.25) is 0 Å². The quantitative estimate of drug-likeness (QED) is 0.323.